The number of hydrogen-bond donors (Lipinski definition) is 0. The highest BCUT2D eigenvalue weighted by Gasteiger charge is 2.26. The molecule has 1 fully saturated rings. The Labute approximate surface area is 148 Å². The first kappa shape index (κ1) is 17.6. The minimum absolute atomic E-state index is 0.0989. The summed E-state index contributed by atoms with van der Waals surface area (Å²) in [5.41, 5.74) is 2.57. The number of morpholine rings is 1. The lowest BCUT2D eigenvalue weighted by Crippen LogP contribution is -2.39. The Morgan fingerprint density at radius 1 is 1.38 bits per heavy atom. The molecular formula is C18H28N4OS. The largest absolute Gasteiger partial charge is 0.368 e. The van der Waals surface area contributed by atoms with Crippen molar-refractivity contribution in [1.82, 2.24) is 19.7 Å². The van der Waals surface area contributed by atoms with Gasteiger partial charge in [0.15, 0.2) is 0 Å². The van der Waals surface area contributed by atoms with Crippen LogP contribution in [0.5, 0.6) is 0 Å². The number of rotatable bonds is 5. The van der Waals surface area contributed by atoms with Crippen LogP contribution in [0.4, 0.5) is 0 Å². The maximum atomic E-state index is 5.99. The Balaban J connectivity index is 1.59. The first-order valence-corrected chi connectivity index (χ1v) is 9.66. The Kier molecular flexibility index (Phi) is 5.37. The zero-order chi connectivity index (χ0) is 17.2. The van der Waals surface area contributed by atoms with Gasteiger partial charge in [0.1, 0.15) is 11.1 Å². The molecule has 0 bridgehead atoms. The van der Waals surface area contributed by atoms with Gasteiger partial charge in [-0.05, 0) is 13.0 Å². The summed E-state index contributed by atoms with van der Waals surface area (Å²) in [7, 11) is 0. The highest BCUT2D eigenvalue weighted by Crippen LogP contribution is 2.30. The van der Waals surface area contributed by atoms with Crippen molar-refractivity contribution in [1.29, 1.82) is 0 Å². The molecule has 0 amide bonds. The van der Waals surface area contributed by atoms with Crippen LogP contribution in [0.2, 0.25) is 0 Å². The van der Waals surface area contributed by atoms with E-state index in [2.05, 4.69) is 53.8 Å². The fourth-order valence-corrected chi connectivity index (χ4v) is 4.05. The van der Waals surface area contributed by atoms with E-state index in [0.29, 0.717) is 0 Å². The summed E-state index contributed by atoms with van der Waals surface area (Å²) < 4.78 is 8.07. The molecule has 5 nitrogen and oxygen atoms in total. The lowest BCUT2D eigenvalue weighted by molar-refractivity contribution is -0.0298. The van der Waals surface area contributed by atoms with Crippen molar-refractivity contribution in [3.05, 3.63) is 34.0 Å². The summed E-state index contributed by atoms with van der Waals surface area (Å²) in [5.74, 6) is 0. The van der Waals surface area contributed by atoms with Crippen molar-refractivity contribution in [3.63, 3.8) is 0 Å². The quantitative estimate of drug-likeness (QED) is 0.832. The van der Waals surface area contributed by atoms with E-state index in [1.807, 2.05) is 6.20 Å². The van der Waals surface area contributed by atoms with Crippen LogP contribution in [0.1, 0.15) is 50.2 Å². The van der Waals surface area contributed by atoms with Gasteiger partial charge in [0.2, 0.25) is 0 Å². The van der Waals surface area contributed by atoms with E-state index in [-0.39, 0.29) is 11.5 Å². The summed E-state index contributed by atoms with van der Waals surface area (Å²) in [6, 6.07) is 2.12. The topological polar surface area (TPSA) is 43.2 Å². The Morgan fingerprint density at radius 3 is 2.92 bits per heavy atom. The first-order valence-electron chi connectivity index (χ1n) is 8.78. The average Bonchev–Trinajstić information content (AvgIpc) is 3.21. The van der Waals surface area contributed by atoms with Gasteiger partial charge >= 0.3 is 0 Å². The molecule has 3 heterocycles. The molecule has 132 valence electrons. The molecule has 0 N–H and O–H groups in total. The third-order valence-corrected chi connectivity index (χ3v) is 5.44. The molecule has 0 aromatic carbocycles. The van der Waals surface area contributed by atoms with Gasteiger partial charge < -0.3 is 4.74 Å². The monoisotopic (exact) mass is 348 g/mol. The summed E-state index contributed by atoms with van der Waals surface area (Å²) >= 11 is 1.73. The summed E-state index contributed by atoms with van der Waals surface area (Å²) in [6.07, 6.45) is 3.03. The van der Waals surface area contributed by atoms with E-state index in [1.54, 1.807) is 11.3 Å². The molecular weight excluding hydrogens is 320 g/mol. The van der Waals surface area contributed by atoms with Gasteiger partial charge in [-0.2, -0.15) is 5.10 Å². The van der Waals surface area contributed by atoms with E-state index in [4.69, 9.17) is 9.72 Å². The van der Waals surface area contributed by atoms with Crippen LogP contribution in [-0.2, 0) is 23.1 Å². The highest BCUT2D eigenvalue weighted by atomic mass is 32.1. The van der Waals surface area contributed by atoms with Crippen LogP contribution in [0.15, 0.2) is 17.6 Å². The van der Waals surface area contributed by atoms with Crippen LogP contribution < -0.4 is 0 Å². The van der Waals surface area contributed by atoms with E-state index >= 15 is 0 Å². The number of thiazole rings is 1. The zero-order valence-corrected chi connectivity index (χ0v) is 16.0. The Bertz CT molecular complexity index is 658. The first-order chi connectivity index (χ1) is 11.5. The zero-order valence-electron chi connectivity index (χ0n) is 15.2. The van der Waals surface area contributed by atoms with Crippen LogP contribution in [0.3, 0.4) is 0 Å². The summed E-state index contributed by atoms with van der Waals surface area (Å²) in [4.78, 5) is 7.32. The van der Waals surface area contributed by atoms with Crippen molar-refractivity contribution in [2.24, 2.45) is 0 Å². The predicted octanol–water partition coefficient (Wildman–Crippen LogP) is 3.27. The molecule has 0 aliphatic carbocycles. The minimum Gasteiger partial charge on any atom is -0.368 e. The second-order valence-corrected chi connectivity index (χ2v) is 8.26. The van der Waals surface area contributed by atoms with Gasteiger partial charge in [0.05, 0.1) is 12.3 Å². The number of nitrogens with zero attached hydrogens (tertiary/aromatic N) is 4. The molecule has 0 radical (unpaired) electrons. The molecule has 24 heavy (non-hydrogen) atoms. The van der Waals surface area contributed by atoms with Gasteiger partial charge in [-0.1, -0.05) is 20.8 Å². The molecule has 1 atom stereocenters. The van der Waals surface area contributed by atoms with E-state index in [1.165, 1.54) is 5.69 Å². The maximum Gasteiger partial charge on any atom is 0.123 e. The molecule has 0 spiro atoms. The maximum absolute atomic E-state index is 5.99. The smallest absolute Gasteiger partial charge is 0.123 e. The Morgan fingerprint density at radius 2 is 2.21 bits per heavy atom. The molecule has 2 aromatic rings. The number of aryl methyl sites for hydroxylation is 1. The van der Waals surface area contributed by atoms with Crippen molar-refractivity contribution >= 4 is 11.3 Å². The summed E-state index contributed by atoms with van der Waals surface area (Å²) in [5, 5.41) is 7.64. The third kappa shape index (κ3) is 4.05. The van der Waals surface area contributed by atoms with E-state index in [9.17, 15) is 0 Å². The van der Waals surface area contributed by atoms with Crippen molar-refractivity contribution < 1.29 is 4.74 Å². The standard InChI is InChI=1S/C18H28N4OS/c1-5-22-14(6-8-19-22)7-9-21-10-11-23-15(12-21)17-20-16(13-24-17)18(2,3)4/h6,8,13,15H,5,7,9-12H2,1-4H3/t15-/m0/s1. The van der Waals surface area contributed by atoms with E-state index < -0.39 is 0 Å². The number of hydrogen-bond acceptors (Lipinski definition) is 5. The van der Waals surface area contributed by atoms with Gasteiger partial charge in [0, 0.05) is 55.3 Å². The lowest BCUT2D eigenvalue weighted by Gasteiger charge is -2.32. The van der Waals surface area contributed by atoms with Crippen LogP contribution in [-0.4, -0.2) is 45.9 Å². The van der Waals surface area contributed by atoms with Crippen LogP contribution >= 0.6 is 11.3 Å². The van der Waals surface area contributed by atoms with Gasteiger partial charge in [-0.3, -0.25) is 9.58 Å². The Hall–Kier alpha value is -1.24. The fourth-order valence-electron chi connectivity index (χ4n) is 2.96. The molecule has 1 aliphatic heterocycles. The number of aromatic nitrogens is 3. The van der Waals surface area contributed by atoms with Crippen LogP contribution in [0, 0.1) is 0 Å². The van der Waals surface area contributed by atoms with Crippen molar-refractivity contribution in [3.8, 4) is 0 Å². The second kappa shape index (κ2) is 7.33. The predicted molar refractivity (Wildman–Crippen MR) is 97.6 cm³/mol. The van der Waals surface area contributed by atoms with Crippen molar-refractivity contribution in [2.75, 3.05) is 26.2 Å². The SMILES string of the molecule is CCn1nccc1CCN1CCO[C@H](c2nc(C(C)(C)C)cs2)C1. The normalized spacial score (nSPS) is 19.8. The van der Waals surface area contributed by atoms with Crippen LogP contribution in [0.25, 0.3) is 0 Å². The third-order valence-electron chi connectivity index (χ3n) is 4.50. The molecule has 1 aliphatic rings. The van der Waals surface area contributed by atoms with Gasteiger partial charge in [-0.25, -0.2) is 4.98 Å². The molecule has 3 rings (SSSR count). The van der Waals surface area contributed by atoms with E-state index in [0.717, 1.165) is 49.9 Å². The minimum atomic E-state index is 0.0989. The molecule has 0 saturated carbocycles. The second-order valence-electron chi connectivity index (χ2n) is 7.37. The highest BCUT2D eigenvalue weighted by molar-refractivity contribution is 7.09. The molecule has 6 heteroatoms. The lowest BCUT2D eigenvalue weighted by atomic mass is 9.93. The average molecular weight is 349 g/mol. The molecule has 0 unspecified atom stereocenters. The fraction of sp³-hybridized carbons (Fsp3) is 0.667. The van der Waals surface area contributed by atoms with Gasteiger partial charge in [-0.15, -0.1) is 11.3 Å². The van der Waals surface area contributed by atoms with Crippen molar-refractivity contribution in [2.45, 2.75) is 52.2 Å². The number of ether oxygens (including phenoxy) is 1. The molecule has 1 saturated heterocycles. The summed E-state index contributed by atoms with van der Waals surface area (Å²) in [6.45, 7) is 13.4. The molecule has 2 aromatic heterocycles. The van der Waals surface area contributed by atoms with Gasteiger partial charge in [0.25, 0.3) is 0 Å².